The van der Waals surface area contributed by atoms with Crippen LogP contribution in [0.15, 0.2) is 0 Å². The molecule has 4 heteroatoms. The fraction of sp³-hybridized carbons (Fsp3) is 0.929. The Hall–Kier alpha value is -0.770. The highest BCUT2D eigenvalue weighted by atomic mass is 16.6. The minimum absolute atomic E-state index is 0.165. The summed E-state index contributed by atoms with van der Waals surface area (Å²) in [5.74, 6) is 0.786. The zero-order valence-corrected chi connectivity index (χ0v) is 11.9. The minimum Gasteiger partial charge on any atom is -0.444 e. The van der Waals surface area contributed by atoms with Crippen molar-refractivity contribution in [3.63, 3.8) is 0 Å². The van der Waals surface area contributed by atoms with Crippen molar-refractivity contribution in [1.82, 2.24) is 4.90 Å². The molecule has 0 aromatic heterocycles. The maximum Gasteiger partial charge on any atom is 0.410 e. The van der Waals surface area contributed by atoms with Gasteiger partial charge in [0.05, 0.1) is 0 Å². The quantitative estimate of drug-likeness (QED) is 0.841. The molecule has 1 aliphatic heterocycles. The zero-order chi connectivity index (χ0) is 13.4. The van der Waals surface area contributed by atoms with E-state index in [1.807, 2.05) is 25.7 Å². The Morgan fingerprint density at radius 3 is 2.61 bits per heavy atom. The van der Waals surface area contributed by atoms with Crippen LogP contribution in [-0.4, -0.2) is 36.2 Å². The largest absolute Gasteiger partial charge is 0.444 e. The highest BCUT2D eigenvalue weighted by Crippen LogP contribution is 2.52. The Kier molecular flexibility index (Phi) is 3.58. The maximum absolute atomic E-state index is 12.1. The first-order valence-corrected chi connectivity index (χ1v) is 7.04. The molecule has 2 N–H and O–H groups in total. The van der Waals surface area contributed by atoms with Gasteiger partial charge in [-0.1, -0.05) is 0 Å². The van der Waals surface area contributed by atoms with E-state index < -0.39 is 5.60 Å². The van der Waals surface area contributed by atoms with Gasteiger partial charge in [-0.15, -0.1) is 0 Å². The van der Waals surface area contributed by atoms with Gasteiger partial charge in [0.25, 0.3) is 0 Å². The van der Waals surface area contributed by atoms with Crippen molar-refractivity contribution < 1.29 is 9.53 Å². The van der Waals surface area contributed by atoms with Crippen LogP contribution in [0.4, 0.5) is 4.79 Å². The molecule has 2 rings (SSSR count). The second-order valence-corrected chi connectivity index (χ2v) is 6.83. The van der Waals surface area contributed by atoms with Gasteiger partial charge in [-0.05, 0) is 64.3 Å². The van der Waals surface area contributed by atoms with Gasteiger partial charge in [0.15, 0.2) is 0 Å². The van der Waals surface area contributed by atoms with Gasteiger partial charge in [0, 0.05) is 13.1 Å². The van der Waals surface area contributed by atoms with Crippen LogP contribution in [0.1, 0.15) is 46.5 Å². The number of carbonyl (C=O) groups is 1. The first kappa shape index (κ1) is 13.7. The molecule has 0 aromatic carbocycles. The molecule has 0 radical (unpaired) electrons. The molecule has 1 aliphatic carbocycles. The third-order valence-corrected chi connectivity index (χ3v) is 4.12. The molecule has 104 valence electrons. The van der Waals surface area contributed by atoms with Gasteiger partial charge in [0.1, 0.15) is 5.60 Å². The number of nitrogens with two attached hydrogens (primary N) is 1. The first-order valence-electron chi connectivity index (χ1n) is 7.04. The lowest BCUT2D eigenvalue weighted by Crippen LogP contribution is -2.38. The van der Waals surface area contributed by atoms with Gasteiger partial charge >= 0.3 is 6.09 Å². The van der Waals surface area contributed by atoms with Crippen molar-refractivity contribution >= 4 is 6.09 Å². The lowest BCUT2D eigenvalue weighted by Gasteiger charge is -2.30. The van der Waals surface area contributed by atoms with Gasteiger partial charge in [0.2, 0.25) is 0 Å². The van der Waals surface area contributed by atoms with Crippen LogP contribution in [-0.2, 0) is 4.74 Å². The molecular weight excluding hydrogens is 228 g/mol. The highest BCUT2D eigenvalue weighted by Gasteiger charge is 2.49. The van der Waals surface area contributed by atoms with Crippen molar-refractivity contribution in [2.24, 2.45) is 17.1 Å². The molecule has 2 fully saturated rings. The van der Waals surface area contributed by atoms with Crippen LogP contribution in [0, 0.1) is 11.3 Å². The van der Waals surface area contributed by atoms with E-state index in [4.69, 9.17) is 10.5 Å². The normalized spacial score (nSPS) is 28.6. The number of amides is 1. The Balaban J connectivity index is 1.96. The number of hydrogen-bond acceptors (Lipinski definition) is 3. The summed E-state index contributed by atoms with van der Waals surface area (Å²) in [7, 11) is 0. The molecule has 1 saturated heterocycles. The van der Waals surface area contributed by atoms with Gasteiger partial charge in [-0.2, -0.15) is 0 Å². The van der Waals surface area contributed by atoms with Crippen LogP contribution in [0.3, 0.4) is 0 Å². The Morgan fingerprint density at radius 2 is 2.11 bits per heavy atom. The van der Waals surface area contributed by atoms with E-state index in [2.05, 4.69) is 0 Å². The molecule has 1 amide bonds. The zero-order valence-electron chi connectivity index (χ0n) is 11.9. The predicted molar refractivity (Wildman–Crippen MR) is 71.3 cm³/mol. The average molecular weight is 254 g/mol. The molecule has 1 saturated carbocycles. The molecule has 0 aromatic rings. The summed E-state index contributed by atoms with van der Waals surface area (Å²) in [4.78, 5) is 13.9. The van der Waals surface area contributed by atoms with Gasteiger partial charge in [-0.25, -0.2) is 4.79 Å². The first-order chi connectivity index (χ1) is 8.36. The summed E-state index contributed by atoms with van der Waals surface area (Å²) in [6.07, 6.45) is 4.58. The Morgan fingerprint density at radius 1 is 1.44 bits per heavy atom. The van der Waals surface area contributed by atoms with Crippen molar-refractivity contribution in [2.45, 2.75) is 52.1 Å². The summed E-state index contributed by atoms with van der Waals surface area (Å²) in [6.45, 7) is 8.12. The van der Waals surface area contributed by atoms with E-state index in [1.165, 1.54) is 12.8 Å². The molecule has 0 spiro atoms. The number of carbonyl (C=O) groups excluding carboxylic acids is 1. The number of nitrogens with zero attached hydrogens (tertiary/aromatic N) is 1. The summed E-state index contributed by atoms with van der Waals surface area (Å²) in [5, 5.41) is 0. The number of ether oxygens (including phenoxy) is 1. The van der Waals surface area contributed by atoms with Crippen molar-refractivity contribution in [3.05, 3.63) is 0 Å². The van der Waals surface area contributed by atoms with E-state index in [-0.39, 0.29) is 11.5 Å². The molecular formula is C14H26N2O2. The SMILES string of the molecule is CC(C)(C)OC(=O)N1CCC(CCN)(C2CC2)C1. The van der Waals surface area contributed by atoms with Crippen molar-refractivity contribution in [2.75, 3.05) is 19.6 Å². The molecule has 1 unspecified atom stereocenters. The smallest absolute Gasteiger partial charge is 0.410 e. The van der Waals surface area contributed by atoms with E-state index in [0.717, 1.165) is 38.4 Å². The Bertz CT molecular complexity index is 320. The van der Waals surface area contributed by atoms with Crippen LogP contribution in [0.25, 0.3) is 0 Å². The standard InChI is InChI=1S/C14H26N2O2/c1-13(2,3)18-12(17)16-9-7-14(10-16,6-8-15)11-4-5-11/h11H,4-10,15H2,1-3H3. The molecule has 2 aliphatic rings. The summed E-state index contributed by atoms with van der Waals surface area (Å²) < 4.78 is 5.45. The van der Waals surface area contributed by atoms with Crippen LogP contribution in [0.5, 0.6) is 0 Å². The maximum atomic E-state index is 12.1. The van der Waals surface area contributed by atoms with Crippen molar-refractivity contribution in [3.8, 4) is 0 Å². The van der Waals surface area contributed by atoms with E-state index in [1.54, 1.807) is 0 Å². The van der Waals surface area contributed by atoms with Gasteiger partial charge < -0.3 is 15.4 Å². The fourth-order valence-corrected chi connectivity index (χ4v) is 3.10. The monoisotopic (exact) mass is 254 g/mol. The number of rotatable bonds is 3. The molecule has 1 heterocycles. The molecule has 18 heavy (non-hydrogen) atoms. The fourth-order valence-electron chi connectivity index (χ4n) is 3.10. The second kappa shape index (κ2) is 4.72. The van der Waals surface area contributed by atoms with E-state index in [0.29, 0.717) is 0 Å². The second-order valence-electron chi connectivity index (χ2n) is 6.83. The highest BCUT2D eigenvalue weighted by molar-refractivity contribution is 5.68. The summed E-state index contributed by atoms with van der Waals surface area (Å²) >= 11 is 0. The Labute approximate surface area is 110 Å². The minimum atomic E-state index is -0.407. The summed E-state index contributed by atoms with van der Waals surface area (Å²) in [5.41, 5.74) is 5.62. The molecule has 0 bridgehead atoms. The van der Waals surface area contributed by atoms with Crippen LogP contribution < -0.4 is 5.73 Å². The average Bonchev–Trinajstić information content (AvgIpc) is 3.00. The predicted octanol–water partition coefficient (Wildman–Crippen LogP) is 2.37. The van der Waals surface area contributed by atoms with Crippen molar-refractivity contribution in [1.29, 1.82) is 0 Å². The number of likely N-dealkylation sites (tertiary alicyclic amines) is 1. The van der Waals surface area contributed by atoms with Gasteiger partial charge in [-0.3, -0.25) is 0 Å². The number of hydrogen-bond donors (Lipinski definition) is 1. The lowest BCUT2D eigenvalue weighted by molar-refractivity contribution is 0.0265. The molecule has 1 atom stereocenters. The summed E-state index contributed by atoms with van der Waals surface area (Å²) in [6, 6.07) is 0. The van der Waals surface area contributed by atoms with Crippen LogP contribution >= 0.6 is 0 Å². The topological polar surface area (TPSA) is 55.6 Å². The van der Waals surface area contributed by atoms with Crippen LogP contribution in [0.2, 0.25) is 0 Å². The third-order valence-electron chi connectivity index (χ3n) is 4.12. The third kappa shape index (κ3) is 2.97. The van der Waals surface area contributed by atoms with E-state index >= 15 is 0 Å². The molecule has 4 nitrogen and oxygen atoms in total. The lowest BCUT2D eigenvalue weighted by atomic mass is 9.78. The van der Waals surface area contributed by atoms with E-state index in [9.17, 15) is 4.79 Å².